The van der Waals surface area contributed by atoms with Gasteiger partial charge in [-0.15, -0.1) is 0 Å². The van der Waals surface area contributed by atoms with Crippen LogP contribution in [-0.2, 0) is 16.0 Å². The third-order valence-corrected chi connectivity index (χ3v) is 8.44. The minimum Gasteiger partial charge on any atom is -0.469 e. The fraction of sp³-hybridized carbons (Fsp3) is 0.720. The Balaban J connectivity index is 1.78. The molecular formula is C25H36O5. The van der Waals surface area contributed by atoms with Crippen molar-refractivity contribution in [2.75, 3.05) is 0 Å². The Bertz CT molecular complexity index is 867. The maximum atomic E-state index is 13.9. The van der Waals surface area contributed by atoms with Gasteiger partial charge in [0.15, 0.2) is 5.78 Å². The molecule has 2 saturated carbocycles. The molecule has 3 aliphatic rings. The van der Waals surface area contributed by atoms with E-state index < -0.39 is 28.8 Å². The lowest BCUT2D eigenvalue weighted by molar-refractivity contribution is -0.193. The quantitative estimate of drug-likeness (QED) is 0.726. The molecule has 0 unspecified atom stereocenters. The van der Waals surface area contributed by atoms with Crippen molar-refractivity contribution < 1.29 is 24.2 Å². The largest absolute Gasteiger partial charge is 0.469 e. The highest BCUT2D eigenvalue weighted by molar-refractivity contribution is 5.94. The molecule has 1 aromatic rings. The van der Waals surface area contributed by atoms with Crippen molar-refractivity contribution in [1.82, 2.24) is 0 Å². The van der Waals surface area contributed by atoms with Crippen LogP contribution in [0.4, 0.5) is 0 Å². The van der Waals surface area contributed by atoms with Crippen LogP contribution in [0.3, 0.4) is 0 Å². The molecule has 5 heteroatoms. The Kier molecular flexibility index (Phi) is 5.12. The average Bonchev–Trinajstić information content (AvgIpc) is 3.27. The van der Waals surface area contributed by atoms with Crippen molar-refractivity contribution in [2.45, 2.75) is 90.1 Å². The van der Waals surface area contributed by atoms with Crippen molar-refractivity contribution in [1.29, 1.82) is 0 Å². The smallest absolute Gasteiger partial charge is 0.173 e. The molecule has 0 amide bonds. The number of hydrogen-bond acceptors (Lipinski definition) is 5. The molecule has 0 bridgehead atoms. The van der Waals surface area contributed by atoms with Crippen molar-refractivity contribution in [3.05, 3.63) is 35.3 Å². The van der Waals surface area contributed by atoms with E-state index in [-0.39, 0.29) is 23.5 Å². The normalized spacial score (nSPS) is 45.3. The van der Waals surface area contributed by atoms with E-state index in [9.17, 15) is 15.0 Å². The van der Waals surface area contributed by atoms with E-state index in [4.69, 9.17) is 9.15 Å². The first-order chi connectivity index (χ1) is 14.0. The summed E-state index contributed by atoms with van der Waals surface area (Å²) in [6, 6.07) is 1.93. The predicted octanol–water partition coefficient (Wildman–Crippen LogP) is 3.99. The van der Waals surface area contributed by atoms with E-state index in [1.165, 1.54) is 0 Å². The van der Waals surface area contributed by atoms with E-state index in [1.807, 2.05) is 53.7 Å². The number of aryl methyl sites for hydroxylation is 2. The van der Waals surface area contributed by atoms with E-state index in [0.29, 0.717) is 12.8 Å². The Morgan fingerprint density at radius 1 is 1.27 bits per heavy atom. The lowest BCUT2D eigenvalue weighted by Crippen LogP contribution is -2.69. The highest BCUT2D eigenvalue weighted by atomic mass is 16.5. The molecule has 4 rings (SSSR count). The summed E-state index contributed by atoms with van der Waals surface area (Å²) < 4.78 is 12.1. The van der Waals surface area contributed by atoms with Gasteiger partial charge in [0.2, 0.25) is 0 Å². The van der Waals surface area contributed by atoms with Crippen LogP contribution in [-0.4, -0.2) is 38.9 Å². The Hall–Kier alpha value is -1.43. The summed E-state index contributed by atoms with van der Waals surface area (Å²) in [7, 11) is 0. The molecular weight excluding hydrogens is 380 g/mol. The summed E-state index contributed by atoms with van der Waals surface area (Å²) in [4.78, 5) is 13.9. The Labute approximate surface area is 179 Å². The third kappa shape index (κ3) is 2.81. The van der Waals surface area contributed by atoms with E-state index in [2.05, 4.69) is 0 Å². The van der Waals surface area contributed by atoms with Gasteiger partial charge in [-0.05, 0) is 70.4 Å². The molecule has 0 aromatic carbocycles. The maximum absolute atomic E-state index is 13.9. The zero-order valence-corrected chi connectivity index (χ0v) is 19.1. The van der Waals surface area contributed by atoms with Crippen molar-refractivity contribution in [3.8, 4) is 0 Å². The monoisotopic (exact) mass is 416 g/mol. The second-order valence-corrected chi connectivity index (χ2v) is 10.5. The molecule has 2 N–H and O–H groups in total. The van der Waals surface area contributed by atoms with Gasteiger partial charge in [0.05, 0.1) is 17.8 Å². The maximum Gasteiger partial charge on any atom is 0.173 e. The summed E-state index contributed by atoms with van der Waals surface area (Å²) in [6.07, 6.45) is 5.75. The zero-order chi connectivity index (χ0) is 22.1. The molecule has 1 aromatic heterocycles. The van der Waals surface area contributed by atoms with Crippen molar-refractivity contribution >= 4 is 5.78 Å². The standard InChI is InChI=1S/C25H36O5/c1-14(2)13-20-25(28)17(5)18-8-7-16(4)24(18,27)22(26)21(25)23(6,30-20)11-9-19-15(3)10-12-29-19/h10,12-13,16-18,20-21,27-28H,7-9,11H2,1-6H3/t16-,17-,18-,20+,21-,23-,24+,25-/m0/s1. The number of furan rings is 1. The SMILES string of the molecule is CC(C)=C[C@H]1O[C@@](C)(CCc2occc2C)[C@@H]2C(=O)[C@@]3(O)[C@@H](C)CC[C@H]3[C@H](C)[C@@]21O. The topological polar surface area (TPSA) is 79.9 Å². The summed E-state index contributed by atoms with van der Waals surface area (Å²) in [5.74, 6) is -0.744. The Morgan fingerprint density at radius 3 is 2.57 bits per heavy atom. The molecule has 1 saturated heterocycles. The van der Waals surface area contributed by atoms with Gasteiger partial charge in [-0.1, -0.05) is 25.5 Å². The van der Waals surface area contributed by atoms with Gasteiger partial charge in [-0.3, -0.25) is 4.79 Å². The van der Waals surface area contributed by atoms with Crippen LogP contribution in [0.5, 0.6) is 0 Å². The number of allylic oxidation sites excluding steroid dienone is 1. The van der Waals surface area contributed by atoms with Crippen LogP contribution in [0.1, 0.15) is 65.2 Å². The van der Waals surface area contributed by atoms with Crippen LogP contribution in [0.2, 0.25) is 0 Å². The van der Waals surface area contributed by atoms with Crippen LogP contribution >= 0.6 is 0 Å². The van der Waals surface area contributed by atoms with Gasteiger partial charge >= 0.3 is 0 Å². The number of carbonyl (C=O) groups excluding carboxylic acids is 1. The number of rotatable bonds is 4. The van der Waals surface area contributed by atoms with Gasteiger partial charge in [0.1, 0.15) is 23.1 Å². The van der Waals surface area contributed by atoms with Crippen LogP contribution in [0.15, 0.2) is 28.4 Å². The minimum absolute atomic E-state index is 0.110. The summed E-state index contributed by atoms with van der Waals surface area (Å²) >= 11 is 0. The lowest BCUT2D eigenvalue weighted by Gasteiger charge is -2.52. The minimum atomic E-state index is -1.39. The average molecular weight is 417 g/mol. The van der Waals surface area contributed by atoms with Crippen molar-refractivity contribution in [2.24, 2.45) is 23.7 Å². The van der Waals surface area contributed by atoms with E-state index >= 15 is 0 Å². The van der Waals surface area contributed by atoms with Gasteiger partial charge in [0, 0.05) is 12.3 Å². The molecule has 0 radical (unpaired) electrons. The molecule has 2 heterocycles. The second kappa shape index (κ2) is 7.04. The summed E-state index contributed by atoms with van der Waals surface area (Å²) in [5, 5.41) is 23.8. The van der Waals surface area contributed by atoms with E-state index in [1.54, 1.807) is 6.26 Å². The molecule has 3 fully saturated rings. The first-order valence-electron chi connectivity index (χ1n) is 11.3. The van der Waals surface area contributed by atoms with Crippen molar-refractivity contribution in [3.63, 3.8) is 0 Å². The lowest BCUT2D eigenvalue weighted by atomic mass is 9.53. The third-order valence-electron chi connectivity index (χ3n) is 8.44. The highest BCUT2D eigenvalue weighted by Gasteiger charge is 2.75. The number of ketones is 1. The number of ether oxygens (including phenoxy) is 1. The number of fused-ring (bicyclic) bond motifs is 2. The molecule has 2 aliphatic carbocycles. The summed E-state index contributed by atoms with van der Waals surface area (Å²) in [6.45, 7) is 11.8. The fourth-order valence-electron chi connectivity index (χ4n) is 6.66. The molecule has 30 heavy (non-hydrogen) atoms. The molecule has 0 spiro atoms. The fourth-order valence-corrected chi connectivity index (χ4v) is 6.66. The van der Waals surface area contributed by atoms with Gasteiger partial charge in [-0.25, -0.2) is 0 Å². The number of hydrogen-bond donors (Lipinski definition) is 2. The number of aliphatic hydroxyl groups is 2. The van der Waals surface area contributed by atoms with E-state index in [0.717, 1.165) is 29.7 Å². The molecule has 8 atom stereocenters. The van der Waals surface area contributed by atoms with Gasteiger partial charge in [0.25, 0.3) is 0 Å². The molecule has 5 nitrogen and oxygen atoms in total. The second-order valence-electron chi connectivity index (χ2n) is 10.5. The molecule has 166 valence electrons. The first kappa shape index (κ1) is 21.8. The van der Waals surface area contributed by atoms with Gasteiger partial charge < -0.3 is 19.4 Å². The number of Topliss-reactive ketones (excluding diaryl/α,β-unsaturated/α-hetero) is 1. The van der Waals surface area contributed by atoms with Crippen LogP contribution in [0, 0.1) is 30.6 Å². The zero-order valence-electron chi connectivity index (χ0n) is 19.1. The first-order valence-corrected chi connectivity index (χ1v) is 11.3. The predicted molar refractivity (Wildman–Crippen MR) is 114 cm³/mol. The van der Waals surface area contributed by atoms with Gasteiger partial charge in [-0.2, -0.15) is 0 Å². The van der Waals surface area contributed by atoms with Crippen LogP contribution < -0.4 is 0 Å². The van der Waals surface area contributed by atoms with Crippen LogP contribution in [0.25, 0.3) is 0 Å². The number of carbonyl (C=O) groups is 1. The molecule has 1 aliphatic heterocycles. The summed E-state index contributed by atoms with van der Waals surface area (Å²) in [5.41, 5.74) is -1.50. The highest BCUT2D eigenvalue weighted by Crippen LogP contribution is 2.62. The Morgan fingerprint density at radius 2 is 1.97 bits per heavy atom.